The SMILES string of the molecule is CCOC(=O)C[C@@H](N)c1c[nH]c2ccc(Br)cc12.Cl. The van der Waals surface area contributed by atoms with Crippen molar-refractivity contribution in [3.63, 3.8) is 0 Å². The molecule has 6 heteroatoms. The van der Waals surface area contributed by atoms with Crippen molar-refractivity contribution in [1.29, 1.82) is 0 Å². The van der Waals surface area contributed by atoms with Crippen molar-refractivity contribution < 1.29 is 9.53 Å². The summed E-state index contributed by atoms with van der Waals surface area (Å²) >= 11 is 3.43. The van der Waals surface area contributed by atoms with Crippen LogP contribution in [0.1, 0.15) is 24.9 Å². The van der Waals surface area contributed by atoms with Crippen molar-refractivity contribution in [2.24, 2.45) is 5.73 Å². The van der Waals surface area contributed by atoms with E-state index >= 15 is 0 Å². The molecule has 104 valence electrons. The number of H-pyrrole nitrogens is 1. The third kappa shape index (κ3) is 3.72. The fourth-order valence-corrected chi connectivity index (χ4v) is 2.29. The van der Waals surface area contributed by atoms with Crippen LogP contribution in [0.2, 0.25) is 0 Å². The average Bonchev–Trinajstić information content (AvgIpc) is 2.71. The van der Waals surface area contributed by atoms with E-state index < -0.39 is 0 Å². The number of benzene rings is 1. The first-order valence-corrected chi connectivity index (χ1v) is 6.59. The normalized spacial score (nSPS) is 11.9. The molecule has 0 aliphatic heterocycles. The molecule has 1 aromatic carbocycles. The summed E-state index contributed by atoms with van der Waals surface area (Å²) < 4.78 is 5.89. The van der Waals surface area contributed by atoms with Crippen LogP contribution < -0.4 is 5.73 Å². The molecule has 0 bridgehead atoms. The Morgan fingerprint density at radius 2 is 2.26 bits per heavy atom. The maximum Gasteiger partial charge on any atom is 0.307 e. The Labute approximate surface area is 126 Å². The van der Waals surface area contributed by atoms with E-state index in [1.807, 2.05) is 24.4 Å². The third-order valence-corrected chi connectivity index (χ3v) is 3.26. The highest BCUT2D eigenvalue weighted by Crippen LogP contribution is 2.27. The third-order valence-electron chi connectivity index (χ3n) is 2.77. The molecule has 2 rings (SSSR count). The van der Waals surface area contributed by atoms with E-state index in [-0.39, 0.29) is 30.8 Å². The van der Waals surface area contributed by atoms with Gasteiger partial charge in [-0.05, 0) is 30.7 Å². The molecule has 4 nitrogen and oxygen atoms in total. The number of ether oxygens (including phenoxy) is 1. The van der Waals surface area contributed by atoms with Crippen molar-refractivity contribution >= 4 is 45.2 Å². The molecular formula is C13H16BrClN2O2. The number of esters is 1. The number of rotatable bonds is 4. The number of aromatic amines is 1. The van der Waals surface area contributed by atoms with Crippen LogP contribution in [0.5, 0.6) is 0 Å². The minimum absolute atomic E-state index is 0. The van der Waals surface area contributed by atoms with E-state index in [1.165, 1.54) is 0 Å². The molecule has 0 amide bonds. The van der Waals surface area contributed by atoms with Gasteiger partial charge in [0.25, 0.3) is 0 Å². The number of carbonyl (C=O) groups excluding carboxylic acids is 1. The molecule has 0 unspecified atom stereocenters. The van der Waals surface area contributed by atoms with Crippen molar-refractivity contribution in [2.75, 3.05) is 6.61 Å². The van der Waals surface area contributed by atoms with Gasteiger partial charge in [0.05, 0.1) is 13.0 Å². The molecule has 1 heterocycles. The molecule has 0 saturated heterocycles. The number of nitrogens with two attached hydrogens (primary N) is 1. The van der Waals surface area contributed by atoms with E-state index in [0.717, 1.165) is 20.9 Å². The second-order valence-corrected chi connectivity index (χ2v) is 4.97. The quantitative estimate of drug-likeness (QED) is 0.834. The number of halogens is 2. The summed E-state index contributed by atoms with van der Waals surface area (Å²) in [4.78, 5) is 14.6. The molecule has 0 fully saturated rings. The lowest BCUT2D eigenvalue weighted by molar-refractivity contribution is -0.143. The smallest absolute Gasteiger partial charge is 0.307 e. The molecular weight excluding hydrogens is 332 g/mol. The lowest BCUT2D eigenvalue weighted by Crippen LogP contribution is -2.16. The number of hydrogen-bond acceptors (Lipinski definition) is 3. The van der Waals surface area contributed by atoms with Crippen molar-refractivity contribution in [1.82, 2.24) is 4.98 Å². The Morgan fingerprint density at radius 3 is 2.95 bits per heavy atom. The minimum atomic E-state index is -0.355. The molecule has 3 N–H and O–H groups in total. The summed E-state index contributed by atoms with van der Waals surface area (Å²) in [6.45, 7) is 2.16. The monoisotopic (exact) mass is 346 g/mol. The highest BCUT2D eigenvalue weighted by atomic mass is 79.9. The summed E-state index contributed by atoms with van der Waals surface area (Å²) in [6, 6.07) is 5.57. The Kier molecular flexibility index (Phi) is 5.85. The second-order valence-electron chi connectivity index (χ2n) is 4.05. The van der Waals surface area contributed by atoms with Gasteiger partial charge in [-0.2, -0.15) is 0 Å². The maximum atomic E-state index is 11.4. The van der Waals surface area contributed by atoms with Crippen LogP contribution in [0.4, 0.5) is 0 Å². The van der Waals surface area contributed by atoms with E-state index in [4.69, 9.17) is 10.5 Å². The number of aromatic nitrogens is 1. The minimum Gasteiger partial charge on any atom is -0.466 e. The first-order chi connectivity index (χ1) is 8.61. The number of carbonyl (C=O) groups is 1. The van der Waals surface area contributed by atoms with Crippen LogP contribution in [-0.2, 0) is 9.53 Å². The molecule has 0 spiro atoms. The topological polar surface area (TPSA) is 68.1 Å². The number of hydrogen-bond donors (Lipinski definition) is 2. The molecule has 0 saturated carbocycles. The largest absolute Gasteiger partial charge is 0.466 e. The Balaban J connectivity index is 0.00000180. The maximum absolute atomic E-state index is 11.4. The van der Waals surface area contributed by atoms with Crippen LogP contribution in [0.25, 0.3) is 10.9 Å². The standard InChI is InChI=1S/C13H15BrN2O2.ClH/c1-2-18-13(17)6-11(15)10-7-16-12-4-3-8(14)5-9(10)12;/h3-5,7,11,16H,2,6,15H2,1H3;1H/t11-;/m1./s1. The van der Waals surface area contributed by atoms with Gasteiger partial charge in [0, 0.05) is 27.6 Å². The van der Waals surface area contributed by atoms with Gasteiger partial charge < -0.3 is 15.5 Å². The lowest BCUT2D eigenvalue weighted by atomic mass is 10.0. The first-order valence-electron chi connectivity index (χ1n) is 5.79. The molecule has 1 atom stereocenters. The highest BCUT2D eigenvalue weighted by Gasteiger charge is 2.16. The number of fused-ring (bicyclic) bond motifs is 1. The summed E-state index contributed by atoms with van der Waals surface area (Å²) in [5, 5.41) is 1.03. The van der Waals surface area contributed by atoms with Crippen LogP contribution >= 0.6 is 28.3 Å². The predicted octanol–water partition coefficient (Wildman–Crippen LogP) is 3.31. The van der Waals surface area contributed by atoms with Gasteiger partial charge >= 0.3 is 5.97 Å². The Bertz CT molecular complexity index is 571. The summed E-state index contributed by atoms with van der Waals surface area (Å²) in [6.07, 6.45) is 2.04. The van der Waals surface area contributed by atoms with Gasteiger partial charge in [-0.1, -0.05) is 15.9 Å². The van der Waals surface area contributed by atoms with Crippen molar-refractivity contribution in [3.05, 3.63) is 34.4 Å². The van der Waals surface area contributed by atoms with E-state index in [1.54, 1.807) is 6.92 Å². The highest BCUT2D eigenvalue weighted by molar-refractivity contribution is 9.10. The van der Waals surface area contributed by atoms with Gasteiger partial charge in [0.1, 0.15) is 0 Å². The van der Waals surface area contributed by atoms with Crippen LogP contribution in [-0.4, -0.2) is 17.6 Å². The summed E-state index contributed by atoms with van der Waals surface area (Å²) in [5.74, 6) is -0.269. The van der Waals surface area contributed by atoms with Crippen LogP contribution in [0.15, 0.2) is 28.9 Å². The van der Waals surface area contributed by atoms with Crippen LogP contribution in [0, 0.1) is 0 Å². The first kappa shape index (κ1) is 16.0. The fourth-order valence-electron chi connectivity index (χ4n) is 1.93. The molecule has 0 radical (unpaired) electrons. The summed E-state index contributed by atoms with van der Waals surface area (Å²) in [5.41, 5.74) is 7.99. The van der Waals surface area contributed by atoms with Gasteiger partial charge in [-0.25, -0.2) is 0 Å². The molecule has 19 heavy (non-hydrogen) atoms. The number of nitrogens with one attached hydrogen (secondary N) is 1. The van der Waals surface area contributed by atoms with Crippen LogP contribution in [0.3, 0.4) is 0 Å². The Morgan fingerprint density at radius 1 is 1.53 bits per heavy atom. The van der Waals surface area contributed by atoms with E-state index in [2.05, 4.69) is 20.9 Å². The molecule has 0 aliphatic rings. The lowest BCUT2D eigenvalue weighted by Gasteiger charge is -2.10. The van der Waals surface area contributed by atoms with Gasteiger partial charge in [-0.15, -0.1) is 12.4 Å². The summed E-state index contributed by atoms with van der Waals surface area (Å²) in [7, 11) is 0. The predicted molar refractivity (Wildman–Crippen MR) is 81.4 cm³/mol. The molecule has 0 aliphatic carbocycles. The Hall–Kier alpha value is -1.04. The van der Waals surface area contributed by atoms with E-state index in [0.29, 0.717) is 6.61 Å². The van der Waals surface area contributed by atoms with E-state index in [9.17, 15) is 4.79 Å². The van der Waals surface area contributed by atoms with Gasteiger partial charge in [-0.3, -0.25) is 4.79 Å². The molecule has 1 aromatic heterocycles. The van der Waals surface area contributed by atoms with Gasteiger partial charge in [0.15, 0.2) is 0 Å². The second kappa shape index (κ2) is 6.93. The fraction of sp³-hybridized carbons (Fsp3) is 0.308. The zero-order valence-corrected chi connectivity index (χ0v) is 12.9. The average molecular weight is 348 g/mol. The van der Waals surface area contributed by atoms with Gasteiger partial charge in [0.2, 0.25) is 0 Å². The van der Waals surface area contributed by atoms with Crippen molar-refractivity contribution in [2.45, 2.75) is 19.4 Å². The zero-order valence-electron chi connectivity index (χ0n) is 10.5. The zero-order chi connectivity index (χ0) is 13.1. The molecule has 2 aromatic rings. The van der Waals surface area contributed by atoms with Crippen molar-refractivity contribution in [3.8, 4) is 0 Å².